The van der Waals surface area contributed by atoms with Crippen LogP contribution in [0.5, 0.6) is 0 Å². The van der Waals surface area contributed by atoms with Gasteiger partial charge in [0.05, 0.1) is 23.7 Å². The van der Waals surface area contributed by atoms with Crippen LogP contribution >= 0.6 is 0 Å². The molecule has 2 aromatic rings. The van der Waals surface area contributed by atoms with Crippen LogP contribution in [0.4, 0.5) is 0 Å². The molecule has 0 unspecified atom stereocenters. The van der Waals surface area contributed by atoms with Gasteiger partial charge in [-0.1, -0.05) is 42.5 Å². The minimum absolute atomic E-state index is 0.344. The first kappa shape index (κ1) is 13.5. The second-order valence-corrected chi connectivity index (χ2v) is 5.30. The number of aromatic nitrogens is 2. The monoisotopic (exact) mass is 302 g/mol. The molecule has 0 amide bonds. The van der Waals surface area contributed by atoms with Gasteiger partial charge in [0.2, 0.25) is 0 Å². The van der Waals surface area contributed by atoms with Gasteiger partial charge < -0.3 is 9.72 Å². The number of hydrogen-bond donors (Lipinski definition) is 1. The number of nitrogens with one attached hydrogen (secondary N) is 1. The van der Waals surface area contributed by atoms with E-state index < -0.39 is 0 Å². The Balaban J connectivity index is 1.98. The summed E-state index contributed by atoms with van der Waals surface area (Å²) in [6.07, 6.45) is 0. The number of benzene rings is 1. The van der Waals surface area contributed by atoms with E-state index in [1.807, 2.05) is 60.7 Å². The summed E-state index contributed by atoms with van der Waals surface area (Å²) in [6.45, 7) is 0. The molecule has 0 spiro atoms. The van der Waals surface area contributed by atoms with Gasteiger partial charge in [-0.15, -0.1) is 0 Å². The van der Waals surface area contributed by atoms with Gasteiger partial charge >= 0.3 is 5.97 Å². The molecule has 23 heavy (non-hydrogen) atoms. The van der Waals surface area contributed by atoms with Gasteiger partial charge in [0.15, 0.2) is 0 Å². The van der Waals surface area contributed by atoms with Crippen molar-refractivity contribution in [3.05, 3.63) is 66.2 Å². The molecule has 0 saturated carbocycles. The fourth-order valence-electron chi connectivity index (χ4n) is 2.87. The van der Waals surface area contributed by atoms with Crippen molar-refractivity contribution in [1.29, 1.82) is 0 Å². The molecule has 0 radical (unpaired) electrons. The molecule has 0 atom stereocenters. The van der Waals surface area contributed by atoms with Gasteiger partial charge in [0.25, 0.3) is 0 Å². The summed E-state index contributed by atoms with van der Waals surface area (Å²) in [5.41, 5.74) is 5.14. The first-order chi connectivity index (χ1) is 11.3. The van der Waals surface area contributed by atoms with Gasteiger partial charge in [-0.05, 0) is 29.3 Å². The maximum atomic E-state index is 12.1. The Morgan fingerprint density at radius 1 is 0.957 bits per heavy atom. The van der Waals surface area contributed by atoms with Crippen LogP contribution in [0.3, 0.4) is 0 Å². The number of methoxy groups -OCH3 is 1. The number of imidazole rings is 1. The summed E-state index contributed by atoms with van der Waals surface area (Å²) in [4.78, 5) is 20.1. The van der Waals surface area contributed by atoms with Crippen LogP contribution < -0.4 is 0 Å². The summed E-state index contributed by atoms with van der Waals surface area (Å²) in [7, 11) is 1.39. The second kappa shape index (κ2) is 5.25. The lowest BCUT2D eigenvalue weighted by molar-refractivity contribution is 0.0602. The fraction of sp³-hybridized carbons (Fsp3) is 0.0526. The van der Waals surface area contributed by atoms with Gasteiger partial charge in [-0.25, -0.2) is 9.78 Å². The van der Waals surface area contributed by atoms with Crippen molar-refractivity contribution in [2.75, 3.05) is 7.11 Å². The third kappa shape index (κ3) is 2.16. The van der Waals surface area contributed by atoms with Crippen molar-refractivity contribution < 1.29 is 9.53 Å². The molecule has 4 rings (SSSR count). The van der Waals surface area contributed by atoms with Crippen molar-refractivity contribution in [3.63, 3.8) is 0 Å². The van der Waals surface area contributed by atoms with Gasteiger partial charge in [0.1, 0.15) is 5.82 Å². The lowest BCUT2D eigenvalue weighted by atomic mass is 10.1. The number of fused-ring (bicyclic) bond motifs is 2. The largest absolute Gasteiger partial charge is 0.465 e. The number of hydrogen-bond acceptors (Lipinski definition) is 3. The van der Waals surface area contributed by atoms with E-state index in [4.69, 9.17) is 4.74 Å². The summed E-state index contributed by atoms with van der Waals surface area (Å²) < 4.78 is 4.91. The molecule has 2 aliphatic carbocycles. The van der Waals surface area contributed by atoms with Crippen molar-refractivity contribution in [1.82, 2.24) is 9.97 Å². The van der Waals surface area contributed by atoms with Gasteiger partial charge in [0, 0.05) is 5.56 Å². The lowest BCUT2D eigenvalue weighted by Gasteiger charge is -1.99. The molecule has 2 aliphatic rings. The SMILES string of the molecule is COC(=O)c1cc(-c2nc3ccccc3[nH]2)c2cccccc1-2. The van der Waals surface area contributed by atoms with E-state index in [9.17, 15) is 4.79 Å². The van der Waals surface area contributed by atoms with Crippen LogP contribution in [0.1, 0.15) is 10.4 Å². The minimum Gasteiger partial charge on any atom is -0.465 e. The molecule has 112 valence electrons. The number of ether oxygens (including phenoxy) is 1. The van der Waals surface area contributed by atoms with E-state index in [1.165, 1.54) is 7.11 Å². The number of aromatic amines is 1. The van der Waals surface area contributed by atoms with Crippen molar-refractivity contribution in [2.24, 2.45) is 0 Å². The number of carbonyl (C=O) groups is 1. The first-order valence-corrected chi connectivity index (χ1v) is 7.33. The standard InChI is InChI=1S/C19H14N2O2/c1-23-19(22)15-11-14(12-7-3-2-4-8-13(12)15)18-20-16-9-5-6-10-17(16)21-18/h2-11H,1H3,(H,20,21). The molecular formula is C19H14N2O2. The Morgan fingerprint density at radius 2 is 1.70 bits per heavy atom. The Hall–Kier alpha value is -3.14. The highest BCUT2D eigenvalue weighted by atomic mass is 16.5. The van der Waals surface area contributed by atoms with Crippen LogP contribution in [0.15, 0.2) is 60.7 Å². The Labute approximate surface area is 133 Å². The van der Waals surface area contributed by atoms with E-state index in [-0.39, 0.29) is 5.97 Å². The molecule has 0 fully saturated rings. The van der Waals surface area contributed by atoms with Crippen LogP contribution in [0.2, 0.25) is 0 Å². The maximum absolute atomic E-state index is 12.1. The Bertz CT molecular complexity index is 955. The van der Waals surface area contributed by atoms with E-state index in [2.05, 4.69) is 9.97 Å². The highest BCUT2D eigenvalue weighted by Gasteiger charge is 2.22. The van der Waals surface area contributed by atoms with Gasteiger partial charge in [-0.2, -0.15) is 0 Å². The first-order valence-electron chi connectivity index (χ1n) is 7.33. The van der Waals surface area contributed by atoms with Crippen molar-refractivity contribution in [3.8, 4) is 22.5 Å². The smallest absolute Gasteiger partial charge is 0.338 e. The van der Waals surface area contributed by atoms with Crippen LogP contribution in [-0.4, -0.2) is 23.0 Å². The Kier molecular flexibility index (Phi) is 3.08. The molecule has 1 aromatic heterocycles. The number of nitrogens with zero attached hydrogens (tertiary/aromatic N) is 1. The van der Waals surface area contributed by atoms with E-state index >= 15 is 0 Å². The number of rotatable bonds is 2. The zero-order chi connectivity index (χ0) is 15.8. The highest BCUT2D eigenvalue weighted by Crippen LogP contribution is 2.38. The molecule has 1 heterocycles. The average molecular weight is 302 g/mol. The second-order valence-electron chi connectivity index (χ2n) is 5.30. The molecule has 0 aliphatic heterocycles. The molecule has 1 aromatic carbocycles. The third-order valence-electron chi connectivity index (χ3n) is 3.96. The quantitative estimate of drug-likeness (QED) is 0.567. The molecular weight excluding hydrogens is 288 g/mol. The lowest BCUT2D eigenvalue weighted by Crippen LogP contribution is -1.99. The van der Waals surface area contributed by atoms with Crippen molar-refractivity contribution in [2.45, 2.75) is 0 Å². The van der Waals surface area contributed by atoms with E-state index in [0.29, 0.717) is 5.56 Å². The molecule has 4 heteroatoms. The third-order valence-corrected chi connectivity index (χ3v) is 3.96. The summed E-state index contributed by atoms with van der Waals surface area (Å²) >= 11 is 0. The predicted octanol–water partition coefficient (Wildman–Crippen LogP) is 4.12. The van der Waals surface area contributed by atoms with Crippen LogP contribution in [-0.2, 0) is 4.74 Å². The van der Waals surface area contributed by atoms with Crippen molar-refractivity contribution >= 4 is 17.0 Å². The zero-order valence-electron chi connectivity index (χ0n) is 12.5. The molecule has 4 nitrogen and oxygen atoms in total. The van der Waals surface area contributed by atoms with Crippen LogP contribution in [0, 0.1) is 0 Å². The number of H-pyrrole nitrogens is 1. The summed E-state index contributed by atoms with van der Waals surface area (Å²) in [5.74, 6) is 0.404. The number of esters is 1. The minimum atomic E-state index is -0.344. The number of carbonyl (C=O) groups excluding carboxylic acids is 1. The summed E-state index contributed by atoms with van der Waals surface area (Å²) in [6, 6.07) is 19.4. The van der Waals surface area contributed by atoms with Gasteiger partial charge in [-0.3, -0.25) is 0 Å². The van der Waals surface area contributed by atoms with E-state index in [0.717, 1.165) is 33.5 Å². The number of para-hydroxylation sites is 2. The normalized spacial score (nSPS) is 11.0. The topological polar surface area (TPSA) is 55.0 Å². The summed E-state index contributed by atoms with van der Waals surface area (Å²) in [5, 5.41) is 0. The molecule has 1 N–H and O–H groups in total. The molecule has 0 bridgehead atoms. The predicted molar refractivity (Wildman–Crippen MR) is 89.5 cm³/mol. The highest BCUT2D eigenvalue weighted by molar-refractivity contribution is 6.04. The Morgan fingerprint density at radius 3 is 2.48 bits per heavy atom. The maximum Gasteiger partial charge on any atom is 0.338 e. The fourth-order valence-corrected chi connectivity index (χ4v) is 2.87. The average Bonchev–Trinajstić information content (AvgIpc) is 3.07. The van der Waals surface area contributed by atoms with Crippen LogP contribution in [0.25, 0.3) is 33.5 Å². The zero-order valence-corrected chi connectivity index (χ0v) is 12.5. The molecule has 0 saturated heterocycles. The van der Waals surface area contributed by atoms with E-state index in [1.54, 1.807) is 0 Å².